The average Bonchev–Trinajstić information content (AvgIpc) is 3.25. The number of aromatic nitrogens is 2. The zero-order valence-electron chi connectivity index (χ0n) is 14.1. The Morgan fingerprint density at radius 1 is 1.41 bits per heavy atom. The molecule has 0 aliphatic rings. The third kappa shape index (κ3) is 4.39. The minimum absolute atomic E-state index is 0.0445. The lowest BCUT2D eigenvalue weighted by Gasteiger charge is -2.02. The number of halogens is 1. The van der Waals surface area contributed by atoms with Gasteiger partial charge in [0.2, 0.25) is 0 Å². The molecule has 9 nitrogen and oxygen atoms in total. The van der Waals surface area contributed by atoms with Crippen LogP contribution in [0.25, 0.3) is 11.3 Å². The van der Waals surface area contributed by atoms with Crippen LogP contribution in [0.4, 0.5) is 5.69 Å². The molecule has 1 aromatic carbocycles. The van der Waals surface area contributed by atoms with Crippen LogP contribution in [0.5, 0.6) is 0 Å². The number of amides is 1. The summed E-state index contributed by atoms with van der Waals surface area (Å²) in [5.41, 5.74) is 3.53. The molecule has 0 unspecified atom stereocenters. The lowest BCUT2D eigenvalue weighted by atomic mass is 10.1. The SMILES string of the molecule is Cc1ccnn1CC(=O)N/N=C/c1ccc(-c2cc([N+](=O)[O-])ccc2Cl)o1. The van der Waals surface area contributed by atoms with Gasteiger partial charge in [-0.2, -0.15) is 10.2 Å². The lowest BCUT2D eigenvalue weighted by molar-refractivity contribution is -0.384. The largest absolute Gasteiger partial charge is 0.455 e. The maximum Gasteiger partial charge on any atom is 0.270 e. The van der Waals surface area contributed by atoms with E-state index in [9.17, 15) is 14.9 Å². The molecule has 0 aliphatic carbocycles. The van der Waals surface area contributed by atoms with Crippen molar-refractivity contribution in [3.05, 3.63) is 69.2 Å². The molecule has 2 aromatic heterocycles. The number of nitro benzene ring substituents is 1. The fraction of sp³-hybridized carbons (Fsp3) is 0.118. The van der Waals surface area contributed by atoms with E-state index in [0.717, 1.165) is 5.69 Å². The number of rotatable bonds is 6. The number of hydrogen-bond acceptors (Lipinski definition) is 6. The van der Waals surface area contributed by atoms with Crippen molar-refractivity contribution >= 4 is 29.4 Å². The van der Waals surface area contributed by atoms with E-state index in [-0.39, 0.29) is 18.1 Å². The van der Waals surface area contributed by atoms with Gasteiger partial charge in [-0.1, -0.05) is 11.6 Å². The summed E-state index contributed by atoms with van der Waals surface area (Å²) in [7, 11) is 0. The summed E-state index contributed by atoms with van der Waals surface area (Å²) in [6.45, 7) is 1.88. The number of hydrogen-bond donors (Lipinski definition) is 1. The van der Waals surface area contributed by atoms with Crippen LogP contribution in [0, 0.1) is 17.0 Å². The minimum Gasteiger partial charge on any atom is -0.455 e. The molecule has 3 rings (SSSR count). The number of hydrazone groups is 1. The summed E-state index contributed by atoms with van der Waals surface area (Å²) in [5, 5.41) is 19.1. The summed E-state index contributed by atoms with van der Waals surface area (Å²) >= 11 is 6.09. The van der Waals surface area contributed by atoms with Crippen LogP contribution in [0.2, 0.25) is 5.02 Å². The van der Waals surface area contributed by atoms with E-state index in [2.05, 4.69) is 15.6 Å². The zero-order chi connectivity index (χ0) is 19.4. The Morgan fingerprint density at radius 3 is 2.93 bits per heavy atom. The summed E-state index contributed by atoms with van der Waals surface area (Å²) in [4.78, 5) is 22.2. The van der Waals surface area contributed by atoms with E-state index in [1.165, 1.54) is 24.4 Å². The second-order valence-corrected chi connectivity index (χ2v) is 5.95. The highest BCUT2D eigenvalue weighted by atomic mass is 35.5. The first-order chi connectivity index (χ1) is 12.9. The van der Waals surface area contributed by atoms with E-state index in [1.807, 2.05) is 6.92 Å². The van der Waals surface area contributed by atoms with Crippen LogP contribution in [0.1, 0.15) is 11.5 Å². The molecule has 1 amide bonds. The number of benzene rings is 1. The quantitative estimate of drug-likeness (QED) is 0.396. The number of carbonyl (C=O) groups is 1. The Morgan fingerprint density at radius 2 is 2.22 bits per heavy atom. The minimum atomic E-state index is -0.512. The highest BCUT2D eigenvalue weighted by Gasteiger charge is 2.14. The molecule has 10 heteroatoms. The standard InChI is InChI=1S/C17H14ClN5O4/c1-11-6-7-20-22(11)10-17(24)21-19-9-13-3-5-16(27-13)14-8-12(23(25)26)2-4-15(14)18/h2-9H,10H2,1H3,(H,21,24)/b19-9+. The van der Waals surface area contributed by atoms with Crippen LogP contribution in [-0.4, -0.2) is 26.8 Å². The highest BCUT2D eigenvalue weighted by molar-refractivity contribution is 6.33. The van der Waals surface area contributed by atoms with E-state index in [1.54, 1.807) is 29.1 Å². The molecule has 1 N–H and O–H groups in total. The van der Waals surface area contributed by atoms with Crippen molar-refractivity contribution in [2.75, 3.05) is 0 Å². The molecular weight excluding hydrogens is 374 g/mol. The molecular formula is C17H14ClN5O4. The van der Waals surface area contributed by atoms with E-state index in [4.69, 9.17) is 16.0 Å². The second kappa shape index (κ2) is 7.83. The van der Waals surface area contributed by atoms with Crippen LogP contribution in [-0.2, 0) is 11.3 Å². The molecule has 0 atom stereocenters. The van der Waals surface area contributed by atoms with E-state index in [0.29, 0.717) is 22.1 Å². The number of aryl methyl sites for hydroxylation is 1. The van der Waals surface area contributed by atoms with Crippen molar-refractivity contribution < 1.29 is 14.1 Å². The van der Waals surface area contributed by atoms with Crippen molar-refractivity contribution in [3.63, 3.8) is 0 Å². The topological polar surface area (TPSA) is 116 Å². The fourth-order valence-electron chi connectivity index (χ4n) is 2.29. The van der Waals surface area contributed by atoms with E-state index < -0.39 is 4.92 Å². The molecule has 138 valence electrons. The molecule has 0 saturated carbocycles. The Bertz CT molecular complexity index is 1020. The van der Waals surface area contributed by atoms with E-state index >= 15 is 0 Å². The normalized spacial score (nSPS) is 11.0. The zero-order valence-corrected chi connectivity index (χ0v) is 14.9. The third-order valence-electron chi connectivity index (χ3n) is 3.66. The van der Waals surface area contributed by atoms with Gasteiger partial charge in [-0.3, -0.25) is 19.6 Å². The van der Waals surface area contributed by atoms with Gasteiger partial charge < -0.3 is 4.42 Å². The summed E-state index contributed by atoms with van der Waals surface area (Å²) < 4.78 is 7.11. The average molecular weight is 388 g/mol. The predicted molar refractivity (Wildman–Crippen MR) is 98.5 cm³/mol. The number of carbonyl (C=O) groups excluding carboxylic acids is 1. The van der Waals surface area contributed by atoms with Gasteiger partial charge in [0.05, 0.1) is 16.2 Å². The first-order valence-electron chi connectivity index (χ1n) is 7.78. The van der Waals surface area contributed by atoms with Crippen LogP contribution >= 0.6 is 11.6 Å². The maximum absolute atomic E-state index is 11.8. The fourth-order valence-corrected chi connectivity index (χ4v) is 2.50. The molecule has 3 aromatic rings. The molecule has 2 heterocycles. The van der Waals surface area contributed by atoms with Crippen molar-refractivity contribution in [1.29, 1.82) is 0 Å². The van der Waals surface area contributed by atoms with Crippen LogP contribution in [0.15, 0.2) is 52.1 Å². The van der Waals surface area contributed by atoms with Crippen molar-refractivity contribution in [1.82, 2.24) is 15.2 Å². The second-order valence-electron chi connectivity index (χ2n) is 5.55. The third-order valence-corrected chi connectivity index (χ3v) is 3.99. The number of nitrogens with zero attached hydrogens (tertiary/aromatic N) is 4. The Labute approximate surface area is 158 Å². The molecule has 0 spiro atoms. The predicted octanol–water partition coefficient (Wildman–Crippen LogP) is 3.16. The summed E-state index contributed by atoms with van der Waals surface area (Å²) in [6.07, 6.45) is 2.93. The summed E-state index contributed by atoms with van der Waals surface area (Å²) in [6, 6.07) is 9.09. The van der Waals surface area contributed by atoms with Gasteiger partial charge in [0, 0.05) is 29.6 Å². The van der Waals surface area contributed by atoms with Gasteiger partial charge in [0.1, 0.15) is 18.1 Å². The Kier molecular flexibility index (Phi) is 5.32. The molecule has 27 heavy (non-hydrogen) atoms. The van der Waals surface area contributed by atoms with Crippen molar-refractivity contribution in [2.24, 2.45) is 5.10 Å². The first-order valence-corrected chi connectivity index (χ1v) is 8.16. The Hall–Kier alpha value is -3.46. The lowest BCUT2D eigenvalue weighted by Crippen LogP contribution is -2.24. The highest BCUT2D eigenvalue weighted by Crippen LogP contribution is 2.32. The van der Waals surface area contributed by atoms with Crippen molar-refractivity contribution in [2.45, 2.75) is 13.5 Å². The maximum atomic E-state index is 11.8. The molecule has 0 bridgehead atoms. The summed E-state index contributed by atoms with van der Waals surface area (Å²) in [5.74, 6) is 0.360. The molecule has 0 aliphatic heterocycles. The van der Waals surface area contributed by atoms with Gasteiger partial charge in [-0.15, -0.1) is 0 Å². The number of furan rings is 1. The Balaban J connectivity index is 1.67. The van der Waals surface area contributed by atoms with Gasteiger partial charge in [0.15, 0.2) is 0 Å². The number of nitrogens with one attached hydrogen (secondary N) is 1. The van der Waals surface area contributed by atoms with Gasteiger partial charge in [-0.05, 0) is 31.2 Å². The molecule has 0 radical (unpaired) electrons. The van der Waals surface area contributed by atoms with Crippen LogP contribution in [0.3, 0.4) is 0 Å². The molecule has 0 fully saturated rings. The number of non-ortho nitro benzene ring substituents is 1. The smallest absolute Gasteiger partial charge is 0.270 e. The molecule has 0 saturated heterocycles. The van der Waals surface area contributed by atoms with Gasteiger partial charge in [-0.25, -0.2) is 5.43 Å². The van der Waals surface area contributed by atoms with Crippen LogP contribution < -0.4 is 5.43 Å². The van der Waals surface area contributed by atoms with Gasteiger partial charge in [0.25, 0.3) is 11.6 Å². The number of nitro groups is 1. The first kappa shape index (κ1) is 18.3. The monoisotopic (exact) mass is 387 g/mol. The van der Waals surface area contributed by atoms with Crippen molar-refractivity contribution in [3.8, 4) is 11.3 Å². The van der Waals surface area contributed by atoms with Gasteiger partial charge >= 0.3 is 0 Å².